The van der Waals surface area contributed by atoms with Gasteiger partial charge in [-0.2, -0.15) is 0 Å². The zero-order valence-corrected chi connectivity index (χ0v) is 34.3. The zero-order valence-electron chi connectivity index (χ0n) is 33.6. The predicted molar refractivity (Wildman–Crippen MR) is 242 cm³/mol. The smallest absolute Gasteiger partial charge is 0.456 e. The van der Waals surface area contributed by atoms with Crippen LogP contribution in [0.2, 0.25) is 0 Å². The second-order valence-electron chi connectivity index (χ2n) is 15.7. The van der Waals surface area contributed by atoms with Gasteiger partial charge in [0, 0.05) is 65.3 Å². The van der Waals surface area contributed by atoms with Crippen molar-refractivity contribution in [2.45, 2.75) is 57.8 Å². The van der Waals surface area contributed by atoms with Crippen molar-refractivity contribution in [1.29, 1.82) is 0 Å². The molecule has 308 valence electrons. The summed E-state index contributed by atoms with van der Waals surface area (Å²) < 4.78 is 52.2. The van der Waals surface area contributed by atoms with Gasteiger partial charge in [-0.15, -0.1) is 0 Å². The van der Waals surface area contributed by atoms with Gasteiger partial charge in [0.2, 0.25) is 0 Å². The van der Waals surface area contributed by atoms with E-state index in [2.05, 4.69) is 131 Å². The van der Waals surface area contributed by atoms with Crippen LogP contribution in [-0.2, 0) is 0 Å². The number of piperidine rings is 2. The molecule has 3 aliphatic heterocycles. The van der Waals surface area contributed by atoms with Crippen molar-refractivity contribution in [2.24, 2.45) is 0 Å². The molecule has 10 heteroatoms. The molecule has 2 fully saturated rings. The Morgan fingerprint density at radius 3 is 1.92 bits per heavy atom. The van der Waals surface area contributed by atoms with Crippen molar-refractivity contribution in [3.63, 3.8) is 0 Å². The Morgan fingerprint density at radius 1 is 0.633 bits per heavy atom. The van der Waals surface area contributed by atoms with Crippen LogP contribution in [-0.4, -0.2) is 33.4 Å². The van der Waals surface area contributed by atoms with Crippen molar-refractivity contribution in [1.82, 2.24) is 0 Å². The second kappa shape index (κ2) is 18.8. The van der Waals surface area contributed by atoms with Crippen molar-refractivity contribution in [2.75, 3.05) is 36.0 Å². The number of rotatable bonds is 7. The fourth-order valence-electron chi connectivity index (χ4n) is 8.45. The molecule has 1 aliphatic carbocycles. The van der Waals surface area contributed by atoms with Gasteiger partial charge in [-0.05, 0) is 117 Å². The third-order valence-electron chi connectivity index (χ3n) is 11.5. The maximum absolute atomic E-state index is 9.75. The molecule has 60 heavy (non-hydrogen) atoms. The molecule has 0 amide bonds. The molecule has 4 heterocycles. The SMILES string of the molecule is ClC1=C(/C=C/c2cc(-c3ccccc3)[o+]c3cc(N4CCCCC4)ccc23)CCC/C1=C\C=C1/C=C(c2ccccc2)Oc2cc(N3CCCCC3)ccc21.F[B-](F)(F)F. The van der Waals surface area contributed by atoms with E-state index in [-0.39, 0.29) is 0 Å². The Balaban J connectivity index is 0.000000943. The first-order chi connectivity index (χ1) is 29.2. The molecule has 0 bridgehead atoms. The van der Waals surface area contributed by atoms with Crippen LogP contribution >= 0.6 is 11.6 Å². The van der Waals surface area contributed by atoms with Crippen LogP contribution in [0.25, 0.3) is 39.7 Å². The molecule has 0 atom stereocenters. The highest BCUT2D eigenvalue weighted by Gasteiger charge is 2.24. The molecule has 4 nitrogen and oxygen atoms in total. The largest absolute Gasteiger partial charge is 0.673 e. The number of hydrogen-bond donors (Lipinski definition) is 0. The lowest BCUT2D eigenvalue weighted by Gasteiger charge is -2.30. The minimum Gasteiger partial charge on any atom is -0.456 e. The van der Waals surface area contributed by atoms with E-state index in [1.165, 1.54) is 49.9 Å². The molecule has 1 aromatic heterocycles. The van der Waals surface area contributed by atoms with Crippen LogP contribution in [0.15, 0.2) is 148 Å². The molecule has 0 spiro atoms. The number of benzene rings is 4. The first kappa shape index (κ1) is 41.2. The van der Waals surface area contributed by atoms with E-state index in [9.17, 15) is 17.3 Å². The number of hydrogen-bond acceptors (Lipinski definition) is 3. The maximum Gasteiger partial charge on any atom is 0.673 e. The van der Waals surface area contributed by atoms with Crippen LogP contribution in [0, 0.1) is 0 Å². The molecular formula is C50H48BClF4N2O2. The van der Waals surface area contributed by atoms with E-state index in [0.29, 0.717) is 0 Å². The lowest BCUT2D eigenvalue weighted by molar-refractivity contribution is 0.368. The van der Waals surface area contributed by atoms with Gasteiger partial charge in [-0.25, -0.2) is 4.42 Å². The third-order valence-corrected chi connectivity index (χ3v) is 12.0. The Kier molecular flexibility index (Phi) is 12.9. The Morgan fingerprint density at radius 2 is 1.25 bits per heavy atom. The highest BCUT2D eigenvalue weighted by atomic mass is 35.5. The van der Waals surface area contributed by atoms with Crippen molar-refractivity contribution in [3.05, 3.63) is 160 Å². The number of ether oxygens (including phenoxy) is 1. The summed E-state index contributed by atoms with van der Waals surface area (Å²) in [4.78, 5) is 4.98. The summed E-state index contributed by atoms with van der Waals surface area (Å²) in [6.07, 6.45) is 21.6. The quantitative estimate of drug-likeness (QED) is 0.0927. The Labute approximate surface area is 354 Å². The molecule has 0 N–H and O–H groups in total. The van der Waals surface area contributed by atoms with Gasteiger partial charge in [-0.3, -0.25) is 0 Å². The van der Waals surface area contributed by atoms with Crippen molar-refractivity contribution >= 4 is 58.6 Å². The normalized spacial score (nSPS) is 18.6. The Hall–Kier alpha value is -5.54. The van der Waals surface area contributed by atoms with Crippen LogP contribution in [0.4, 0.5) is 28.6 Å². The fourth-order valence-corrected chi connectivity index (χ4v) is 8.77. The van der Waals surface area contributed by atoms with E-state index in [1.807, 2.05) is 12.1 Å². The third kappa shape index (κ3) is 10.2. The summed E-state index contributed by atoms with van der Waals surface area (Å²) in [5.41, 5.74) is 11.2. The van der Waals surface area contributed by atoms with Gasteiger partial charge in [0.1, 0.15) is 11.5 Å². The van der Waals surface area contributed by atoms with E-state index >= 15 is 0 Å². The molecule has 4 aliphatic rings. The number of allylic oxidation sites excluding steroid dienone is 8. The van der Waals surface area contributed by atoms with Crippen molar-refractivity contribution in [3.8, 4) is 17.1 Å². The topological polar surface area (TPSA) is 27.0 Å². The van der Waals surface area contributed by atoms with Gasteiger partial charge in [0.15, 0.2) is 0 Å². The summed E-state index contributed by atoms with van der Waals surface area (Å²) in [5.74, 6) is 2.63. The van der Waals surface area contributed by atoms with Gasteiger partial charge in [0.05, 0.1) is 23.1 Å². The van der Waals surface area contributed by atoms with Gasteiger partial charge in [-0.1, -0.05) is 84.4 Å². The van der Waals surface area contributed by atoms with Gasteiger partial charge < -0.3 is 31.8 Å². The van der Waals surface area contributed by atoms with E-state index in [0.717, 1.165) is 118 Å². The molecule has 4 aromatic carbocycles. The lowest BCUT2D eigenvalue weighted by atomic mass is 9.92. The highest BCUT2D eigenvalue weighted by Crippen LogP contribution is 2.41. The van der Waals surface area contributed by atoms with E-state index in [4.69, 9.17) is 20.8 Å². The first-order valence-electron chi connectivity index (χ1n) is 21.1. The maximum atomic E-state index is 9.75. The number of nitrogens with zero attached hydrogens (tertiary/aromatic N) is 2. The lowest BCUT2D eigenvalue weighted by Crippen LogP contribution is -2.29. The monoisotopic (exact) mass is 830 g/mol. The number of fused-ring (bicyclic) bond motifs is 2. The van der Waals surface area contributed by atoms with Crippen LogP contribution in [0.5, 0.6) is 5.75 Å². The molecule has 0 radical (unpaired) electrons. The van der Waals surface area contributed by atoms with E-state index < -0.39 is 7.25 Å². The van der Waals surface area contributed by atoms with Crippen LogP contribution in [0.3, 0.4) is 0 Å². The van der Waals surface area contributed by atoms with E-state index in [1.54, 1.807) is 0 Å². The minimum absolute atomic E-state index is 0.847. The van der Waals surface area contributed by atoms with Crippen LogP contribution in [0.1, 0.15) is 74.5 Å². The van der Waals surface area contributed by atoms with Gasteiger partial charge >= 0.3 is 18.6 Å². The molecule has 0 saturated carbocycles. The van der Waals surface area contributed by atoms with Crippen LogP contribution < -0.4 is 14.5 Å². The predicted octanol–water partition coefficient (Wildman–Crippen LogP) is 14.8. The minimum atomic E-state index is -6.00. The second-order valence-corrected chi connectivity index (χ2v) is 16.1. The number of anilines is 2. The first-order valence-corrected chi connectivity index (χ1v) is 21.4. The Bertz CT molecular complexity index is 2460. The molecule has 0 unspecified atom stereocenters. The summed E-state index contributed by atoms with van der Waals surface area (Å²) in [7, 11) is -6.00. The average molecular weight is 831 g/mol. The number of halogens is 5. The molecule has 5 aromatic rings. The fraction of sp³-hybridized carbons (Fsp3) is 0.260. The van der Waals surface area contributed by atoms with Crippen molar-refractivity contribution < 1.29 is 26.4 Å². The summed E-state index contributed by atoms with van der Waals surface area (Å²) in [6, 6.07) is 36.4. The summed E-state index contributed by atoms with van der Waals surface area (Å²) >= 11 is 7.28. The standard InChI is InChI=1S/C50H48ClN2O2.BF4/c51-50-38(20-22-40-32-46(36-14-5-1-6-15-36)54-48-34-42(24-26-44(40)48)52-28-9-3-10-29-52)18-13-19-39(50)21-23-41-33-47(37-16-7-2-8-17-37)55-49-35-43(25-27-45(41)49)53-30-11-4-12-31-53;2-1(3,4)5/h1-2,5-8,14-17,20-27,32-35H,3-4,9-13,18-19,28-31H2;/q+1;-1. The summed E-state index contributed by atoms with van der Waals surface area (Å²) in [5, 5.41) is 1.95. The molecule has 9 rings (SSSR count). The zero-order chi connectivity index (χ0) is 41.5. The molecule has 2 saturated heterocycles. The summed E-state index contributed by atoms with van der Waals surface area (Å²) in [6.45, 7) is 4.39. The average Bonchev–Trinajstić information content (AvgIpc) is 3.28. The van der Waals surface area contributed by atoms with Gasteiger partial charge in [0.25, 0.3) is 0 Å². The molecular weight excluding hydrogens is 783 g/mol. The highest BCUT2D eigenvalue weighted by molar-refractivity contribution is 6.50.